The quantitative estimate of drug-likeness (QED) is 0.704. The van der Waals surface area contributed by atoms with Crippen molar-refractivity contribution in [2.24, 2.45) is 0 Å². The van der Waals surface area contributed by atoms with E-state index in [0.29, 0.717) is 5.37 Å². The van der Waals surface area contributed by atoms with Crippen LogP contribution in [-0.4, -0.2) is 22.3 Å². The van der Waals surface area contributed by atoms with Gasteiger partial charge in [0.05, 0.1) is 11.1 Å². The molecule has 3 nitrogen and oxygen atoms in total. The molecule has 1 N–H and O–H groups in total. The summed E-state index contributed by atoms with van der Waals surface area (Å²) in [5.41, 5.74) is 1.10. The van der Waals surface area contributed by atoms with Gasteiger partial charge in [-0.05, 0) is 13.0 Å². The first-order chi connectivity index (χ1) is 5.86. The molecule has 0 spiro atoms. The molecule has 12 heavy (non-hydrogen) atoms. The summed E-state index contributed by atoms with van der Waals surface area (Å²) >= 11 is 1.90. The summed E-state index contributed by atoms with van der Waals surface area (Å²) in [5, 5.41) is 3.75. The summed E-state index contributed by atoms with van der Waals surface area (Å²) < 4.78 is 0. The molecule has 2 heterocycles. The molecule has 0 saturated carbocycles. The van der Waals surface area contributed by atoms with Crippen LogP contribution < -0.4 is 5.32 Å². The molecular weight excluding hydrogens is 170 g/mol. The summed E-state index contributed by atoms with van der Waals surface area (Å²) in [6, 6.07) is 1.98. The summed E-state index contributed by atoms with van der Waals surface area (Å²) in [6.45, 7) is 3.00. The molecule has 0 aromatic carbocycles. The zero-order valence-corrected chi connectivity index (χ0v) is 7.77. The standard InChI is InChI=1S/C8H11N3S/c1-6-9-3-2-7(11-6)8-10-4-5-12-8/h2-3,8,10H,4-5H2,1H3. The van der Waals surface area contributed by atoms with E-state index in [-0.39, 0.29) is 0 Å². The largest absolute Gasteiger partial charge is 0.300 e. The van der Waals surface area contributed by atoms with Crippen LogP contribution in [0.3, 0.4) is 0 Å². The Morgan fingerprint density at radius 2 is 2.58 bits per heavy atom. The van der Waals surface area contributed by atoms with Gasteiger partial charge in [-0.3, -0.25) is 5.32 Å². The van der Waals surface area contributed by atoms with Crippen molar-refractivity contribution in [3.63, 3.8) is 0 Å². The smallest absolute Gasteiger partial charge is 0.125 e. The van der Waals surface area contributed by atoms with Crippen molar-refractivity contribution in [3.05, 3.63) is 23.8 Å². The summed E-state index contributed by atoms with van der Waals surface area (Å²) in [6.07, 6.45) is 1.82. The molecule has 0 amide bonds. The van der Waals surface area contributed by atoms with Crippen LogP contribution in [0.25, 0.3) is 0 Å². The van der Waals surface area contributed by atoms with Crippen LogP contribution in [0.2, 0.25) is 0 Å². The van der Waals surface area contributed by atoms with Gasteiger partial charge in [-0.1, -0.05) is 0 Å². The van der Waals surface area contributed by atoms with E-state index >= 15 is 0 Å². The Balaban J connectivity index is 2.21. The molecule has 1 aliphatic rings. The Kier molecular flexibility index (Phi) is 2.28. The highest BCUT2D eigenvalue weighted by Gasteiger charge is 2.17. The molecule has 0 radical (unpaired) electrons. The van der Waals surface area contributed by atoms with E-state index in [2.05, 4.69) is 15.3 Å². The second-order valence-electron chi connectivity index (χ2n) is 2.73. The molecule has 1 aliphatic heterocycles. The fraction of sp³-hybridized carbons (Fsp3) is 0.500. The normalized spacial score (nSPS) is 22.9. The van der Waals surface area contributed by atoms with Gasteiger partial charge in [0.2, 0.25) is 0 Å². The van der Waals surface area contributed by atoms with E-state index in [1.54, 1.807) is 0 Å². The van der Waals surface area contributed by atoms with Crippen molar-refractivity contribution >= 4 is 11.8 Å². The fourth-order valence-electron chi connectivity index (χ4n) is 1.24. The van der Waals surface area contributed by atoms with Gasteiger partial charge in [0.1, 0.15) is 5.82 Å². The minimum Gasteiger partial charge on any atom is -0.300 e. The van der Waals surface area contributed by atoms with Crippen molar-refractivity contribution < 1.29 is 0 Å². The van der Waals surface area contributed by atoms with Crippen LogP contribution >= 0.6 is 11.8 Å². The maximum absolute atomic E-state index is 4.36. The lowest BCUT2D eigenvalue weighted by atomic mass is 10.4. The first kappa shape index (κ1) is 8.01. The number of nitrogens with zero attached hydrogens (tertiary/aromatic N) is 2. The second-order valence-corrected chi connectivity index (χ2v) is 3.95. The van der Waals surface area contributed by atoms with Crippen LogP contribution in [0.15, 0.2) is 12.3 Å². The van der Waals surface area contributed by atoms with Gasteiger partial charge in [0.25, 0.3) is 0 Å². The lowest BCUT2D eigenvalue weighted by molar-refractivity contribution is 0.725. The third kappa shape index (κ3) is 1.59. The van der Waals surface area contributed by atoms with E-state index in [1.807, 2.05) is 30.9 Å². The van der Waals surface area contributed by atoms with Crippen LogP contribution in [0.1, 0.15) is 16.9 Å². The summed E-state index contributed by atoms with van der Waals surface area (Å²) in [5.74, 6) is 2.02. The molecule has 1 unspecified atom stereocenters. The van der Waals surface area contributed by atoms with Gasteiger partial charge in [0, 0.05) is 18.5 Å². The number of aryl methyl sites for hydroxylation is 1. The average molecular weight is 181 g/mol. The third-order valence-electron chi connectivity index (χ3n) is 1.78. The van der Waals surface area contributed by atoms with E-state index in [9.17, 15) is 0 Å². The fourth-order valence-corrected chi connectivity index (χ4v) is 2.25. The maximum Gasteiger partial charge on any atom is 0.125 e. The van der Waals surface area contributed by atoms with Gasteiger partial charge in [0.15, 0.2) is 0 Å². The minimum absolute atomic E-state index is 0.381. The Hall–Kier alpha value is -0.610. The number of hydrogen-bond donors (Lipinski definition) is 1. The zero-order valence-electron chi connectivity index (χ0n) is 6.95. The Morgan fingerprint density at radius 3 is 3.25 bits per heavy atom. The Labute approximate surface area is 76.0 Å². The molecule has 1 fully saturated rings. The SMILES string of the molecule is Cc1nccc(C2NCCS2)n1. The van der Waals surface area contributed by atoms with Crippen molar-refractivity contribution in [2.45, 2.75) is 12.3 Å². The van der Waals surface area contributed by atoms with Gasteiger partial charge in [-0.25, -0.2) is 9.97 Å². The van der Waals surface area contributed by atoms with Crippen molar-refractivity contribution in [3.8, 4) is 0 Å². The third-order valence-corrected chi connectivity index (χ3v) is 2.96. The predicted octanol–water partition coefficient (Wildman–Crippen LogP) is 1.12. The highest BCUT2D eigenvalue weighted by Crippen LogP contribution is 2.27. The van der Waals surface area contributed by atoms with Crippen LogP contribution in [-0.2, 0) is 0 Å². The lowest BCUT2D eigenvalue weighted by Crippen LogP contribution is -2.13. The first-order valence-corrected chi connectivity index (χ1v) is 5.06. The number of aromatic nitrogens is 2. The highest BCUT2D eigenvalue weighted by molar-refractivity contribution is 7.99. The topological polar surface area (TPSA) is 37.8 Å². The highest BCUT2D eigenvalue weighted by atomic mass is 32.2. The molecule has 4 heteroatoms. The van der Waals surface area contributed by atoms with Crippen molar-refractivity contribution in [1.82, 2.24) is 15.3 Å². The number of rotatable bonds is 1. The molecule has 0 bridgehead atoms. The van der Waals surface area contributed by atoms with E-state index in [4.69, 9.17) is 0 Å². The minimum atomic E-state index is 0.381. The number of thioether (sulfide) groups is 1. The van der Waals surface area contributed by atoms with E-state index < -0.39 is 0 Å². The predicted molar refractivity (Wildman–Crippen MR) is 50.0 cm³/mol. The van der Waals surface area contributed by atoms with E-state index in [0.717, 1.165) is 18.1 Å². The molecule has 1 aromatic heterocycles. The lowest BCUT2D eigenvalue weighted by Gasteiger charge is -2.07. The van der Waals surface area contributed by atoms with Crippen LogP contribution in [0.5, 0.6) is 0 Å². The maximum atomic E-state index is 4.36. The second kappa shape index (κ2) is 3.41. The molecule has 1 saturated heterocycles. The zero-order chi connectivity index (χ0) is 8.39. The van der Waals surface area contributed by atoms with Crippen molar-refractivity contribution in [1.29, 1.82) is 0 Å². The summed E-state index contributed by atoms with van der Waals surface area (Å²) in [7, 11) is 0. The van der Waals surface area contributed by atoms with Gasteiger partial charge in [-0.2, -0.15) is 0 Å². The van der Waals surface area contributed by atoms with Gasteiger partial charge >= 0.3 is 0 Å². The monoisotopic (exact) mass is 181 g/mol. The molecule has 1 aromatic rings. The molecule has 2 rings (SSSR count). The van der Waals surface area contributed by atoms with Crippen LogP contribution in [0, 0.1) is 6.92 Å². The number of nitrogens with one attached hydrogen (secondary N) is 1. The Bertz CT molecular complexity index is 271. The number of hydrogen-bond acceptors (Lipinski definition) is 4. The average Bonchev–Trinajstić information content (AvgIpc) is 2.56. The first-order valence-electron chi connectivity index (χ1n) is 4.01. The molecule has 0 aliphatic carbocycles. The van der Waals surface area contributed by atoms with Gasteiger partial charge in [-0.15, -0.1) is 11.8 Å². The molecular formula is C8H11N3S. The summed E-state index contributed by atoms with van der Waals surface area (Å²) in [4.78, 5) is 8.42. The molecule has 1 atom stereocenters. The molecule has 64 valence electrons. The Morgan fingerprint density at radius 1 is 1.67 bits per heavy atom. The van der Waals surface area contributed by atoms with Crippen molar-refractivity contribution in [2.75, 3.05) is 12.3 Å². The van der Waals surface area contributed by atoms with Gasteiger partial charge < -0.3 is 0 Å². The van der Waals surface area contributed by atoms with Crippen LogP contribution in [0.4, 0.5) is 0 Å². The van der Waals surface area contributed by atoms with E-state index in [1.165, 1.54) is 5.75 Å².